The number of likely N-dealkylation sites (tertiary alicyclic amines) is 1. The molecular weight excluding hydrogens is 481 g/mol. The summed E-state index contributed by atoms with van der Waals surface area (Å²) >= 11 is 0. The molecule has 3 aromatic rings. The largest absolute Gasteiger partial charge is 0.489 e. The zero-order valence-corrected chi connectivity index (χ0v) is 22.2. The quantitative estimate of drug-likeness (QED) is 0.366. The number of benzene rings is 3. The number of carbonyl (C=O) groups is 2. The van der Waals surface area contributed by atoms with Crippen LogP contribution >= 0.6 is 0 Å². The first-order valence-electron chi connectivity index (χ1n) is 13.3. The van der Waals surface area contributed by atoms with E-state index in [1.807, 2.05) is 75.4 Å². The van der Waals surface area contributed by atoms with Crippen LogP contribution in [0.3, 0.4) is 0 Å². The molecule has 0 saturated carbocycles. The van der Waals surface area contributed by atoms with Gasteiger partial charge in [0.25, 0.3) is 0 Å². The normalized spacial score (nSPS) is 18.7. The van der Waals surface area contributed by atoms with Crippen LogP contribution < -0.4 is 9.47 Å². The van der Waals surface area contributed by atoms with Crippen LogP contribution in [0.2, 0.25) is 0 Å². The van der Waals surface area contributed by atoms with E-state index in [1.165, 1.54) is 17.0 Å². The molecule has 2 atom stereocenters. The average Bonchev–Trinajstić information content (AvgIpc) is 3.40. The van der Waals surface area contributed by atoms with Gasteiger partial charge in [-0.2, -0.15) is 0 Å². The Kier molecular flexibility index (Phi) is 7.24. The fraction of sp³-hybridized carbons (Fsp3) is 0.375. The molecule has 2 heterocycles. The van der Waals surface area contributed by atoms with Crippen molar-refractivity contribution in [3.63, 3.8) is 0 Å². The van der Waals surface area contributed by atoms with Crippen molar-refractivity contribution in [3.8, 4) is 11.5 Å². The first-order valence-corrected chi connectivity index (χ1v) is 13.3. The number of hydrogen-bond acceptors (Lipinski definition) is 4. The molecule has 1 fully saturated rings. The van der Waals surface area contributed by atoms with Crippen LogP contribution in [0.25, 0.3) is 0 Å². The van der Waals surface area contributed by atoms with Crippen molar-refractivity contribution in [1.82, 2.24) is 4.90 Å². The molecule has 2 aliphatic heterocycles. The van der Waals surface area contributed by atoms with Crippen molar-refractivity contribution in [3.05, 3.63) is 94.8 Å². The van der Waals surface area contributed by atoms with Crippen molar-refractivity contribution < 1.29 is 23.5 Å². The number of halogens is 1. The van der Waals surface area contributed by atoms with Gasteiger partial charge in [-0.15, -0.1) is 0 Å². The van der Waals surface area contributed by atoms with Crippen molar-refractivity contribution in [2.45, 2.75) is 71.1 Å². The molecule has 0 radical (unpaired) electrons. The number of amides is 2. The van der Waals surface area contributed by atoms with E-state index >= 15 is 0 Å². The zero-order chi connectivity index (χ0) is 26.9. The maximum atomic E-state index is 14.1. The average molecular weight is 516 g/mol. The first-order chi connectivity index (χ1) is 18.2. The second kappa shape index (κ2) is 10.6. The predicted octanol–water partition coefficient (Wildman–Crippen LogP) is 6.06. The summed E-state index contributed by atoms with van der Waals surface area (Å²) in [4.78, 5) is 27.4. The first kappa shape index (κ1) is 26.0. The highest BCUT2D eigenvalue weighted by atomic mass is 19.1. The number of hydrogen-bond donors (Lipinski definition) is 0. The van der Waals surface area contributed by atoms with Crippen LogP contribution in [0, 0.1) is 11.7 Å². The number of fused-ring (bicyclic) bond motifs is 1. The number of ether oxygens (including phenoxy) is 2. The molecule has 0 aliphatic carbocycles. The highest BCUT2D eigenvalue weighted by Crippen LogP contribution is 2.38. The van der Waals surface area contributed by atoms with Crippen molar-refractivity contribution in [1.29, 1.82) is 0 Å². The number of imide groups is 1. The fourth-order valence-electron chi connectivity index (χ4n) is 5.54. The van der Waals surface area contributed by atoms with Gasteiger partial charge in [-0.25, -0.2) is 4.39 Å². The van der Waals surface area contributed by atoms with Gasteiger partial charge >= 0.3 is 0 Å². The summed E-state index contributed by atoms with van der Waals surface area (Å²) in [7, 11) is 0. The molecule has 5 nitrogen and oxygen atoms in total. The Labute approximate surface area is 223 Å². The summed E-state index contributed by atoms with van der Waals surface area (Å²) in [6.45, 7) is 6.06. The number of carbonyl (C=O) groups excluding carboxylic acids is 2. The fourth-order valence-corrected chi connectivity index (χ4v) is 5.54. The Bertz CT molecular complexity index is 1320. The molecule has 5 rings (SSSR count). The zero-order valence-electron chi connectivity index (χ0n) is 22.2. The summed E-state index contributed by atoms with van der Waals surface area (Å²) in [6.07, 6.45) is 3.00. The minimum absolute atomic E-state index is 0.0808. The molecule has 0 bridgehead atoms. The summed E-state index contributed by atoms with van der Waals surface area (Å²) < 4.78 is 26.1. The molecule has 6 heteroatoms. The summed E-state index contributed by atoms with van der Waals surface area (Å²) in [5, 5.41) is 0. The Morgan fingerprint density at radius 2 is 1.84 bits per heavy atom. The molecule has 1 saturated heterocycles. The van der Waals surface area contributed by atoms with Crippen LogP contribution in [-0.4, -0.2) is 28.4 Å². The van der Waals surface area contributed by atoms with Crippen LogP contribution in [0.1, 0.15) is 55.9 Å². The highest BCUT2D eigenvalue weighted by Gasteiger charge is 2.37. The smallest absolute Gasteiger partial charge is 0.232 e. The number of nitrogens with zero attached hydrogens (tertiary/aromatic N) is 1. The van der Waals surface area contributed by atoms with Crippen molar-refractivity contribution >= 4 is 11.8 Å². The standard InChI is InChI=1S/C32H34FNO4/c1-21(31(36)34-27(11-14-29(34)35)16-22-7-5-4-6-8-22)15-23-9-12-28(13-10-23)37-20-25-18-26(33)17-24-19-32(2,3)38-30(24)25/h4-10,12-13,17-18,21,27H,11,14-16,19-20H2,1-3H3/t21-,27+/m0/s1. The molecule has 0 aromatic heterocycles. The molecule has 3 aromatic carbocycles. The van der Waals surface area contributed by atoms with Crippen LogP contribution in [0.15, 0.2) is 66.7 Å². The van der Waals surface area contributed by atoms with Gasteiger partial charge < -0.3 is 9.47 Å². The SMILES string of the molecule is C[C@@H](Cc1ccc(OCc2cc(F)cc3c2OC(C)(C)C3)cc1)C(=O)N1C(=O)CC[C@@H]1Cc1ccccc1. The van der Waals surface area contributed by atoms with E-state index in [4.69, 9.17) is 9.47 Å². The van der Waals surface area contributed by atoms with Gasteiger partial charge in [0.05, 0.1) is 0 Å². The van der Waals surface area contributed by atoms with Crippen LogP contribution in [0.5, 0.6) is 11.5 Å². The lowest BCUT2D eigenvalue weighted by Crippen LogP contribution is -2.43. The Balaban J connectivity index is 1.19. The third kappa shape index (κ3) is 5.74. The van der Waals surface area contributed by atoms with Crippen molar-refractivity contribution in [2.24, 2.45) is 5.92 Å². The van der Waals surface area contributed by atoms with Crippen LogP contribution in [-0.2, 0) is 35.5 Å². The highest BCUT2D eigenvalue weighted by molar-refractivity contribution is 5.98. The van der Waals surface area contributed by atoms with Gasteiger partial charge in [0.1, 0.15) is 29.5 Å². The third-order valence-corrected chi connectivity index (χ3v) is 7.36. The van der Waals surface area contributed by atoms with E-state index in [0.717, 1.165) is 16.7 Å². The molecule has 0 N–H and O–H groups in total. The third-order valence-electron chi connectivity index (χ3n) is 7.36. The van der Waals surface area contributed by atoms with Gasteiger partial charge in [0.15, 0.2) is 0 Å². The topological polar surface area (TPSA) is 55.8 Å². The van der Waals surface area contributed by atoms with Gasteiger partial charge in [-0.1, -0.05) is 49.4 Å². The van der Waals surface area contributed by atoms with E-state index < -0.39 is 0 Å². The van der Waals surface area contributed by atoms with E-state index in [2.05, 4.69) is 0 Å². The maximum Gasteiger partial charge on any atom is 0.232 e. The molecule has 38 heavy (non-hydrogen) atoms. The maximum absolute atomic E-state index is 14.1. The second-order valence-electron chi connectivity index (χ2n) is 11.1. The Hall–Kier alpha value is -3.67. The Morgan fingerprint density at radius 1 is 1.11 bits per heavy atom. The van der Waals surface area contributed by atoms with E-state index in [-0.39, 0.29) is 41.8 Å². The lowest BCUT2D eigenvalue weighted by atomic mass is 9.98. The van der Waals surface area contributed by atoms with Gasteiger partial charge in [-0.05, 0) is 68.5 Å². The minimum atomic E-state index is -0.359. The lowest BCUT2D eigenvalue weighted by Gasteiger charge is -2.26. The van der Waals surface area contributed by atoms with Gasteiger partial charge in [-0.3, -0.25) is 14.5 Å². The summed E-state index contributed by atoms with van der Waals surface area (Å²) in [5.41, 5.74) is 3.31. The summed E-state index contributed by atoms with van der Waals surface area (Å²) in [6, 6.07) is 20.5. The Morgan fingerprint density at radius 3 is 2.58 bits per heavy atom. The molecular formula is C32H34FNO4. The van der Waals surface area contributed by atoms with E-state index in [0.29, 0.717) is 49.2 Å². The van der Waals surface area contributed by atoms with E-state index in [9.17, 15) is 14.0 Å². The van der Waals surface area contributed by atoms with Crippen LogP contribution in [0.4, 0.5) is 4.39 Å². The molecule has 0 spiro atoms. The minimum Gasteiger partial charge on any atom is -0.489 e. The van der Waals surface area contributed by atoms with Gasteiger partial charge in [0.2, 0.25) is 11.8 Å². The summed E-state index contributed by atoms with van der Waals surface area (Å²) in [5.74, 6) is 0.556. The molecule has 198 valence electrons. The predicted molar refractivity (Wildman–Crippen MR) is 143 cm³/mol. The van der Waals surface area contributed by atoms with Gasteiger partial charge in [0, 0.05) is 35.9 Å². The van der Waals surface area contributed by atoms with E-state index in [1.54, 1.807) is 0 Å². The second-order valence-corrected chi connectivity index (χ2v) is 11.1. The monoisotopic (exact) mass is 515 g/mol. The molecule has 2 amide bonds. The molecule has 2 aliphatic rings. The number of rotatable bonds is 8. The molecule has 0 unspecified atom stereocenters. The lowest BCUT2D eigenvalue weighted by molar-refractivity contribution is -0.146. The van der Waals surface area contributed by atoms with Crippen molar-refractivity contribution in [2.75, 3.05) is 0 Å².